The van der Waals surface area contributed by atoms with Gasteiger partial charge in [0.1, 0.15) is 0 Å². The van der Waals surface area contributed by atoms with Crippen LogP contribution in [0.2, 0.25) is 0 Å². The summed E-state index contributed by atoms with van der Waals surface area (Å²) in [5.41, 5.74) is 1.14. The second-order valence-corrected chi connectivity index (χ2v) is 7.54. The zero-order chi connectivity index (χ0) is 14.1. The number of hydrogen-bond acceptors (Lipinski definition) is 0. The predicted octanol–water partition coefficient (Wildman–Crippen LogP) is 6.47. The molecular formula is C17H36. The van der Waals surface area contributed by atoms with Crippen molar-refractivity contribution in [3.63, 3.8) is 0 Å². The van der Waals surface area contributed by atoms with Crippen LogP contribution in [0.3, 0.4) is 0 Å². The van der Waals surface area contributed by atoms with E-state index in [2.05, 4.69) is 55.0 Å². The Morgan fingerprint density at radius 1 is 1.12 bits per heavy atom. The highest BCUT2D eigenvalue weighted by Gasteiger charge is 2.27. The SMILES string of the molecule is C=CC.CC(C)(C)C.CC1CCCCC1(C)C. The summed E-state index contributed by atoms with van der Waals surface area (Å²) in [7, 11) is 0. The van der Waals surface area contributed by atoms with E-state index in [9.17, 15) is 0 Å². The Morgan fingerprint density at radius 2 is 1.47 bits per heavy atom. The van der Waals surface area contributed by atoms with E-state index in [1.807, 2.05) is 6.92 Å². The minimum atomic E-state index is 0.500. The van der Waals surface area contributed by atoms with E-state index in [-0.39, 0.29) is 0 Å². The van der Waals surface area contributed by atoms with Crippen LogP contribution in [0.1, 0.15) is 81.1 Å². The zero-order valence-corrected chi connectivity index (χ0v) is 13.7. The summed E-state index contributed by atoms with van der Waals surface area (Å²) in [5.74, 6) is 0.950. The first-order valence-corrected chi connectivity index (χ1v) is 7.11. The van der Waals surface area contributed by atoms with Crippen LogP contribution >= 0.6 is 0 Å². The van der Waals surface area contributed by atoms with Crippen LogP contribution in [0, 0.1) is 16.7 Å². The Hall–Kier alpha value is -0.260. The third-order valence-electron chi connectivity index (χ3n) is 3.04. The number of allylic oxidation sites excluding steroid dienone is 1. The summed E-state index contributed by atoms with van der Waals surface area (Å²) < 4.78 is 0. The zero-order valence-electron chi connectivity index (χ0n) is 13.7. The third-order valence-corrected chi connectivity index (χ3v) is 3.04. The maximum Gasteiger partial charge on any atom is -0.0329 e. The average Bonchev–Trinajstić information content (AvgIpc) is 2.08. The average molecular weight is 240 g/mol. The fraction of sp³-hybridized carbons (Fsp3) is 0.882. The molecule has 0 nitrogen and oxygen atoms in total. The normalized spacial score (nSPS) is 22.5. The van der Waals surface area contributed by atoms with Gasteiger partial charge >= 0.3 is 0 Å². The van der Waals surface area contributed by atoms with Crippen LogP contribution in [-0.2, 0) is 0 Å². The molecule has 1 atom stereocenters. The largest absolute Gasteiger partial charge is 0.103 e. The Kier molecular flexibility index (Phi) is 9.85. The molecule has 1 rings (SSSR count). The summed E-state index contributed by atoms with van der Waals surface area (Å²) in [4.78, 5) is 0. The van der Waals surface area contributed by atoms with Gasteiger partial charge < -0.3 is 0 Å². The molecule has 0 aliphatic heterocycles. The van der Waals surface area contributed by atoms with E-state index in [0.29, 0.717) is 10.8 Å². The highest BCUT2D eigenvalue weighted by Crippen LogP contribution is 2.39. The molecule has 0 aromatic heterocycles. The van der Waals surface area contributed by atoms with Crippen LogP contribution in [-0.4, -0.2) is 0 Å². The van der Waals surface area contributed by atoms with Gasteiger partial charge in [0, 0.05) is 0 Å². The van der Waals surface area contributed by atoms with Gasteiger partial charge in [-0.15, -0.1) is 6.58 Å². The van der Waals surface area contributed by atoms with Gasteiger partial charge in [-0.25, -0.2) is 0 Å². The van der Waals surface area contributed by atoms with E-state index in [1.54, 1.807) is 6.08 Å². The van der Waals surface area contributed by atoms with Crippen LogP contribution in [0.4, 0.5) is 0 Å². The van der Waals surface area contributed by atoms with Gasteiger partial charge in [0.25, 0.3) is 0 Å². The summed E-state index contributed by atoms with van der Waals surface area (Å²) in [6.45, 7) is 21.2. The molecule has 1 unspecified atom stereocenters. The second kappa shape index (κ2) is 8.78. The molecular weight excluding hydrogens is 204 g/mol. The lowest BCUT2D eigenvalue weighted by atomic mass is 9.70. The van der Waals surface area contributed by atoms with Crippen LogP contribution < -0.4 is 0 Å². The smallest absolute Gasteiger partial charge is 0.0329 e. The van der Waals surface area contributed by atoms with E-state index >= 15 is 0 Å². The molecule has 0 N–H and O–H groups in total. The summed E-state index contributed by atoms with van der Waals surface area (Å²) in [6, 6.07) is 0. The van der Waals surface area contributed by atoms with Gasteiger partial charge in [0.15, 0.2) is 0 Å². The summed E-state index contributed by atoms with van der Waals surface area (Å²) >= 11 is 0. The molecule has 1 aliphatic carbocycles. The van der Waals surface area contributed by atoms with Crippen molar-refractivity contribution < 1.29 is 0 Å². The number of hydrogen-bond donors (Lipinski definition) is 0. The van der Waals surface area contributed by atoms with Crippen molar-refractivity contribution in [1.82, 2.24) is 0 Å². The molecule has 0 amide bonds. The lowest BCUT2D eigenvalue weighted by Crippen LogP contribution is -2.24. The van der Waals surface area contributed by atoms with Gasteiger partial charge in [0.2, 0.25) is 0 Å². The summed E-state index contributed by atoms with van der Waals surface area (Å²) in [6.07, 6.45) is 7.56. The molecule has 0 aromatic carbocycles. The van der Waals surface area contributed by atoms with E-state index in [4.69, 9.17) is 0 Å². The molecule has 0 heteroatoms. The van der Waals surface area contributed by atoms with Crippen molar-refractivity contribution in [3.8, 4) is 0 Å². The van der Waals surface area contributed by atoms with Crippen molar-refractivity contribution in [2.45, 2.75) is 81.1 Å². The Labute approximate surface area is 111 Å². The van der Waals surface area contributed by atoms with Crippen molar-refractivity contribution in [2.24, 2.45) is 16.7 Å². The first-order chi connectivity index (χ1) is 7.54. The second-order valence-electron chi connectivity index (χ2n) is 7.54. The maximum atomic E-state index is 3.36. The van der Waals surface area contributed by atoms with Crippen LogP contribution in [0.5, 0.6) is 0 Å². The minimum Gasteiger partial charge on any atom is -0.103 e. The van der Waals surface area contributed by atoms with Gasteiger partial charge in [-0.05, 0) is 30.1 Å². The van der Waals surface area contributed by atoms with E-state index < -0.39 is 0 Å². The molecule has 0 aromatic rings. The molecule has 17 heavy (non-hydrogen) atoms. The van der Waals surface area contributed by atoms with E-state index in [1.165, 1.54) is 25.7 Å². The standard InChI is InChI=1S/C9H18.C5H12.C3H6/c1-8-6-4-5-7-9(8,2)3;1-5(2,3)4;1-3-2/h8H,4-7H2,1-3H3;1-4H3;3H,1H2,2H3. The van der Waals surface area contributed by atoms with Gasteiger partial charge in [-0.3, -0.25) is 0 Å². The molecule has 0 spiro atoms. The molecule has 0 bridgehead atoms. The quantitative estimate of drug-likeness (QED) is 0.426. The van der Waals surface area contributed by atoms with Crippen molar-refractivity contribution in [1.29, 1.82) is 0 Å². The minimum absolute atomic E-state index is 0.500. The molecule has 1 aliphatic rings. The third kappa shape index (κ3) is 15.7. The first-order valence-electron chi connectivity index (χ1n) is 7.11. The predicted molar refractivity (Wildman–Crippen MR) is 82.4 cm³/mol. The van der Waals surface area contributed by atoms with E-state index in [0.717, 1.165) is 5.92 Å². The summed E-state index contributed by atoms with van der Waals surface area (Å²) in [5, 5.41) is 0. The molecule has 0 saturated heterocycles. The molecule has 0 heterocycles. The fourth-order valence-electron chi connectivity index (χ4n) is 1.67. The molecule has 1 fully saturated rings. The van der Waals surface area contributed by atoms with Crippen molar-refractivity contribution in [3.05, 3.63) is 12.7 Å². The lowest BCUT2D eigenvalue weighted by Gasteiger charge is -2.36. The molecule has 104 valence electrons. The first kappa shape index (κ1) is 19.1. The molecule has 1 saturated carbocycles. The van der Waals surface area contributed by atoms with Gasteiger partial charge in [-0.2, -0.15) is 0 Å². The topological polar surface area (TPSA) is 0 Å². The number of rotatable bonds is 0. The van der Waals surface area contributed by atoms with Crippen LogP contribution in [0.25, 0.3) is 0 Å². The Morgan fingerprint density at radius 3 is 1.65 bits per heavy atom. The maximum absolute atomic E-state index is 3.36. The Bertz CT molecular complexity index is 175. The van der Waals surface area contributed by atoms with Gasteiger partial charge in [0.05, 0.1) is 0 Å². The lowest BCUT2D eigenvalue weighted by molar-refractivity contribution is 0.154. The van der Waals surface area contributed by atoms with Crippen molar-refractivity contribution in [2.75, 3.05) is 0 Å². The fourth-order valence-corrected chi connectivity index (χ4v) is 1.67. The monoisotopic (exact) mass is 240 g/mol. The highest BCUT2D eigenvalue weighted by molar-refractivity contribution is 4.79. The highest BCUT2D eigenvalue weighted by atomic mass is 14.3. The van der Waals surface area contributed by atoms with Crippen molar-refractivity contribution >= 4 is 0 Å². The van der Waals surface area contributed by atoms with Crippen LogP contribution in [0.15, 0.2) is 12.7 Å². The van der Waals surface area contributed by atoms with Gasteiger partial charge in [-0.1, -0.05) is 73.8 Å². The Balaban J connectivity index is 0. The molecule has 0 radical (unpaired) electrons.